The van der Waals surface area contributed by atoms with Crippen LogP contribution in [0.3, 0.4) is 0 Å². The van der Waals surface area contributed by atoms with Crippen LogP contribution in [0.2, 0.25) is 5.02 Å². The number of halogens is 2. The van der Waals surface area contributed by atoms with E-state index >= 15 is 0 Å². The molecule has 0 unspecified atom stereocenters. The molecule has 1 aliphatic heterocycles. The molecule has 0 saturated carbocycles. The number of carbonyl (C=O) groups is 2. The van der Waals surface area contributed by atoms with Crippen LogP contribution in [0.1, 0.15) is 12.0 Å². The van der Waals surface area contributed by atoms with Crippen LogP contribution < -0.4 is 19.7 Å². The first-order chi connectivity index (χ1) is 17.8. The van der Waals surface area contributed by atoms with E-state index in [-0.39, 0.29) is 23.3 Å². The van der Waals surface area contributed by atoms with Gasteiger partial charge in [-0.05, 0) is 84.9 Å². The predicted molar refractivity (Wildman–Crippen MR) is 145 cm³/mol. The topological polar surface area (TPSA) is 71.1 Å². The summed E-state index contributed by atoms with van der Waals surface area (Å²) in [5, 5.41) is 3.60. The maximum Gasteiger partial charge on any atom is 0.256 e. The minimum atomic E-state index is -0.829. The van der Waals surface area contributed by atoms with Crippen LogP contribution in [0.25, 0.3) is 0 Å². The van der Waals surface area contributed by atoms with Gasteiger partial charge in [-0.15, -0.1) is 0 Å². The van der Waals surface area contributed by atoms with Crippen LogP contribution in [0.4, 0.5) is 15.8 Å². The van der Waals surface area contributed by atoms with Gasteiger partial charge in [-0.25, -0.2) is 4.39 Å². The average Bonchev–Trinajstić information content (AvgIpc) is 3.12. The summed E-state index contributed by atoms with van der Waals surface area (Å²) in [7, 11) is 3.13. The molecule has 1 atom stereocenters. The van der Waals surface area contributed by atoms with Crippen LogP contribution in [0, 0.1) is 5.82 Å². The Bertz CT molecular complexity index is 1300. The summed E-state index contributed by atoms with van der Waals surface area (Å²) in [5.41, 5.74) is 1.94. The Morgan fingerprint density at radius 1 is 1.03 bits per heavy atom. The molecule has 0 aromatic heterocycles. The Kier molecular flexibility index (Phi) is 8.25. The largest absolute Gasteiger partial charge is 0.493 e. The number of thiocarbonyl (C=S) groups is 1. The third-order valence-corrected chi connectivity index (χ3v) is 6.67. The molecule has 0 bridgehead atoms. The molecule has 2 amide bonds. The highest BCUT2D eigenvalue weighted by atomic mass is 35.5. The lowest BCUT2D eigenvalue weighted by atomic mass is 10.1. The summed E-state index contributed by atoms with van der Waals surface area (Å²) in [5.74, 6) is 0.0745. The summed E-state index contributed by atoms with van der Waals surface area (Å²) in [6.45, 7) is 0.372. The molecule has 1 heterocycles. The van der Waals surface area contributed by atoms with Crippen molar-refractivity contribution in [2.45, 2.75) is 18.9 Å². The highest BCUT2D eigenvalue weighted by molar-refractivity contribution is 7.80. The number of anilines is 2. The number of nitrogens with one attached hydrogen (secondary N) is 1. The molecule has 7 nitrogen and oxygen atoms in total. The Balaban J connectivity index is 1.56. The molecule has 37 heavy (non-hydrogen) atoms. The van der Waals surface area contributed by atoms with Crippen molar-refractivity contribution >= 4 is 52.1 Å². The molecule has 1 saturated heterocycles. The predicted octanol–water partition coefficient (Wildman–Crippen LogP) is 5.07. The monoisotopic (exact) mass is 541 g/mol. The van der Waals surface area contributed by atoms with E-state index in [2.05, 4.69) is 5.32 Å². The first kappa shape index (κ1) is 26.4. The van der Waals surface area contributed by atoms with E-state index in [0.717, 1.165) is 5.56 Å². The molecule has 4 rings (SSSR count). The lowest BCUT2D eigenvalue weighted by Crippen LogP contribution is -2.39. The third kappa shape index (κ3) is 6.00. The van der Waals surface area contributed by atoms with Gasteiger partial charge in [-0.1, -0.05) is 17.7 Å². The summed E-state index contributed by atoms with van der Waals surface area (Å²) in [6, 6.07) is 16.9. The van der Waals surface area contributed by atoms with Crippen LogP contribution in [-0.2, 0) is 16.0 Å². The van der Waals surface area contributed by atoms with E-state index in [1.54, 1.807) is 43.4 Å². The second-order valence-electron chi connectivity index (χ2n) is 8.34. The molecule has 1 aliphatic rings. The van der Waals surface area contributed by atoms with Gasteiger partial charge < -0.3 is 19.7 Å². The van der Waals surface area contributed by atoms with Crippen LogP contribution in [0.15, 0.2) is 66.7 Å². The Morgan fingerprint density at radius 3 is 2.35 bits per heavy atom. The van der Waals surface area contributed by atoms with E-state index in [1.165, 1.54) is 29.2 Å². The molecule has 3 aromatic rings. The van der Waals surface area contributed by atoms with Gasteiger partial charge in [0.1, 0.15) is 11.9 Å². The number of nitrogens with zero attached hydrogens (tertiary/aromatic N) is 2. The van der Waals surface area contributed by atoms with Crippen LogP contribution in [-0.4, -0.2) is 48.6 Å². The van der Waals surface area contributed by atoms with Gasteiger partial charge in [0.15, 0.2) is 16.6 Å². The molecule has 0 radical (unpaired) electrons. The number of amides is 2. The summed E-state index contributed by atoms with van der Waals surface area (Å²) < 4.78 is 24.2. The van der Waals surface area contributed by atoms with Gasteiger partial charge in [0.25, 0.3) is 5.91 Å². The minimum absolute atomic E-state index is 0.120. The fourth-order valence-corrected chi connectivity index (χ4v) is 4.66. The maximum absolute atomic E-state index is 13.5. The normalized spacial score (nSPS) is 15.2. The van der Waals surface area contributed by atoms with E-state index in [1.807, 2.05) is 18.2 Å². The molecule has 1 N–H and O–H groups in total. The lowest BCUT2D eigenvalue weighted by Gasteiger charge is -2.24. The fraction of sp³-hybridized carbons (Fsp3) is 0.222. The quantitative estimate of drug-likeness (QED) is 0.381. The second kappa shape index (κ2) is 11.6. The van der Waals surface area contributed by atoms with Crippen molar-refractivity contribution < 1.29 is 23.5 Å². The Labute approximate surface area is 224 Å². The number of rotatable bonds is 9. The second-order valence-corrected chi connectivity index (χ2v) is 9.14. The molecule has 0 spiro atoms. The van der Waals surface area contributed by atoms with Crippen molar-refractivity contribution in [3.63, 3.8) is 0 Å². The molecule has 192 valence electrons. The molecule has 0 aliphatic carbocycles. The van der Waals surface area contributed by atoms with Gasteiger partial charge in [-0.2, -0.15) is 0 Å². The summed E-state index contributed by atoms with van der Waals surface area (Å²) >= 11 is 11.6. The number of methoxy groups -OCH3 is 2. The third-order valence-electron chi connectivity index (χ3n) is 6.00. The van der Waals surface area contributed by atoms with Gasteiger partial charge in [-0.3, -0.25) is 14.5 Å². The zero-order valence-corrected chi connectivity index (χ0v) is 21.8. The Morgan fingerprint density at radius 2 is 1.70 bits per heavy atom. The smallest absolute Gasteiger partial charge is 0.256 e. The van der Waals surface area contributed by atoms with E-state index < -0.39 is 11.9 Å². The van der Waals surface area contributed by atoms with Crippen molar-refractivity contribution in [2.24, 2.45) is 0 Å². The van der Waals surface area contributed by atoms with E-state index in [9.17, 15) is 14.0 Å². The van der Waals surface area contributed by atoms with Gasteiger partial charge in [0.2, 0.25) is 5.91 Å². The molecular formula is C27H25ClFN3O4S. The number of hydrogen-bond donors (Lipinski definition) is 1. The zero-order chi connectivity index (χ0) is 26.5. The first-order valence-corrected chi connectivity index (χ1v) is 12.3. The van der Waals surface area contributed by atoms with E-state index in [0.29, 0.717) is 40.9 Å². The van der Waals surface area contributed by atoms with Crippen molar-refractivity contribution in [3.8, 4) is 11.5 Å². The maximum atomic E-state index is 13.5. The minimum Gasteiger partial charge on any atom is -0.493 e. The van der Waals surface area contributed by atoms with Gasteiger partial charge in [0, 0.05) is 17.3 Å². The Hall–Kier alpha value is -3.69. The molecular weight excluding hydrogens is 517 g/mol. The van der Waals surface area contributed by atoms with Crippen molar-refractivity contribution in [1.82, 2.24) is 4.90 Å². The van der Waals surface area contributed by atoms with Gasteiger partial charge >= 0.3 is 0 Å². The molecule has 1 fully saturated rings. The summed E-state index contributed by atoms with van der Waals surface area (Å²) in [4.78, 5) is 29.5. The average molecular weight is 542 g/mol. The number of benzene rings is 3. The number of ether oxygens (including phenoxy) is 2. The number of hydrogen-bond acceptors (Lipinski definition) is 5. The first-order valence-electron chi connectivity index (χ1n) is 11.5. The SMILES string of the molecule is COc1ccc(CCN2C(=S)N(c3ccc(F)cc3)C(=O)[C@@H]2CC(=O)Nc2ccc(Cl)cc2)cc1OC. The highest BCUT2D eigenvalue weighted by Gasteiger charge is 2.43. The molecule has 3 aromatic carbocycles. The van der Waals surface area contributed by atoms with Gasteiger partial charge in [0.05, 0.1) is 26.3 Å². The van der Waals surface area contributed by atoms with Crippen molar-refractivity contribution in [3.05, 3.63) is 83.1 Å². The van der Waals surface area contributed by atoms with E-state index in [4.69, 9.17) is 33.3 Å². The standard InChI is InChI=1S/C27H25ClFN3O4S/c1-35-23-12-3-17(15-24(23)36-2)13-14-31-22(16-25(33)30-20-8-4-18(28)5-9-20)26(34)32(27(31)37)21-10-6-19(29)7-11-21/h3-12,15,22H,13-14,16H2,1-2H3,(H,30,33)/t22-/m0/s1. The number of carbonyl (C=O) groups excluding carboxylic acids is 2. The van der Waals surface area contributed by atoms with Crippen molar-refractivity contribution in [2.75, 3.05) is 31.0 Å². The van der Waals surface area contributed by atoms with Crippen LogP contribution >= 0.6 is 23.8 Å². The van der Waals surface area contributed by atoms with Crippen LogP contribution in [0.5, 0.6) is 11.5 Å². The molecule has 10 heteroatoms. The van der Waals surface area contributed by atoms with Crippen molar-refractivity contribution in [1.29, 1.82) is 0 Å². The zero-order valence-electron chi connectivity index (χ0n) is 20.2. The summed E-state index contributed by atoms with van der Waals surface area (Å²) in [6.07, 6.45) is 0.408. The fourth-order valence-electron chi connectivity index (χ4n) is 4.12. The highest BCUT2D eigenvalue weighted by Crippen LogP contribution is 2.30. The lowest BCUT2D eigenvalue weighted by molar-refractivity contribution is -0.124.